The maximum Gasteiger partial charge on any atom is 0.242 e. The summed E-state index contributed by atoms with van der Waals surface area (Å²) in [6.07, 6.45) is 2.68. The standard InChI is InChI=1S/C17H22N4O4S2/c1-2-21(13-16(22)19-11-14-5-4-10-26-14)17(23)7-9-20-27(24,25)15-6-3-8-18-12-15/h3-6,8,10,12,20H,2,7,9,11,13H2,1H3,(H,19,22). The second-order valence-electron chi connectivity index (χ2n) is 5.60. The minimum atomic E-state index is -3.71. The number of rotatable bonds is 10. The van der Waals surface area contributed by atoms with E-state index in [1.807, 2.05) is 17.5 Å². The van der Waals surface area contributed by atoms with Gasteiger partial charge in [-0.25, -0.2) is 13.1 Å². The smallest absolute Gasteiger partial charge is 0.242 e. The molecule has 2 amide bonds. The Morgan fingerprint density at radius 2 is 2.07 bits per heavy atom. The number of likely N-dealkylation sites (N-methyl/N-ethyl adjacent to an activating group) is 1. The van der Waals surface area contributed by atoms with Gasteiger partial charge in [0, 0.05) is 36.8 Å². The zero-order valence-corrected chi connectivity index (χ0v) is 16.6. The lowest BCUT2D eigenvalue weighted by Crippen LogP contribution is -2.41. The molecule has 2 rings (SSSR count). The van der Waals surface area contributed by atoms with Crippen LogP contribution in [-0.2, 0) is 26.2 Å². The summed E-state index contributed by atoms with van der Waals surface area (Å²) in [7, 11) is -3.71. The number of carbonyl (C=O) groups excluding carboxylic acids is 2. The second kappa shape index (κ2) is 10.1. The highest BCUT2D eigenvalue weighted by Crippen LogP contribution is 2.07. The first-order valence-electron chi connectivity index (χ1n) is 8.39. The number of hydrogen-bond donors (Lipinski definition) is 2. The number of sulfonamides is 1. The number of aromatic nitrogens is 1. The van der Waals surface area contributed by atoms with Gasteiger partial charge in [0.15, 0.2) is 0 Å². The van der Waals surface area contributed by atoms with Crippen LogP contribution in [0.1, 0.15) is 18.2 Å². The molecule has 2 N–H and O–H groups in total. The van der Waals surface area contributed by atoms with Crippen LogP contribution in [0.2, 0.25) is 0 Å². The molecule has 10 heteroatoms. The van der Waals surface area contributed by atoms with Gasteiger partial charge in [-0.05, 0) is 30.5 Å². The molecule has 0 aliphatic heterocycles. The minimum absolute atomic E-state index is 0.0362. The minimum Gasteiger partial charge on any atom is -0.350 e. The summed E-state index contributed by atoms with van der Waals surface area (Å²) in [6, 6.07) is 6.77. The molecule has 0 bridgehead atoms. The van der Waals surface area contributed by atoms with E-state index in [1.54, 1.807) is 18.3 Å². The van der Waals surface area contributed by atoms with Crippen LogP contribution in [-0.4, -0.2) is 49.8 Å². The van der Waals surface area contributed by atoms with E-state index in [4.69, 9.17) is 0 Å². The molecule has 0 saturated carbocycles. The van der Waals surface area contributed by atoms with E-state index in [-0.39, 0.29) is 36.2 Å². The molecule has 0 radical (unpaired) electrons. The van der Waals surface area contributed by atoms with Crippen LogP contribution in [0.25, 0.3) is 0 Å². The molecule has 0 aliphatic carbocycles. The second-order valence-corrected chi connectivity index (χ2v) is 8.40. The van der Waals surface area contributed by atoms with Crippen molar-refractivity contribution in [3.8, 4) is 0 Å². The predicted octanol–water partition coefficient (Wildman–Crippen LogP) is 0.976. The molecule has 0 aromatic carbocycles. The third-order valence-corrected chi connectivity index (χ3v) is 6.01. The lowest BCUT2D eigenvalue weighted by atomic mass is 10.3. The maximum absolute atomic E-state index is 12.3. The van der Waals surface area contributed by atoms with Crippen molar-refractivity contribution < 1.29 is 18.0 Å². The third-order valence-electron chi connectivity index (χ3n) is 3.68. The van der Waals surface area contributed by atoms with Gasteiger partial charge in [-0.2, -0.15) is 0 Å². The number of nitrogens with zero attached hydrogens (tertiary/aromatic N) is 2. The van der Waals surface area contributed by atoms with E-state index >= 15 is 0 Å². The summed E-state index contributed by atoms with van der Waals surface area (Å²) in [4.78, 5) is 30.5. The molecule has 2 aromatic heterocycles. The first-order chi connectivity index (χ1) is 12.9. The van der Waals surface area contributed by atoms with Crippen molar-refractivity contribution in [2.75, 3.05) is 19.6 Å². The maximum atomic E-state index is 12.3. The zero-order valence-electron chi connectivity index (χ0n) is 14.9. The summed E-state index contributed by atoms with van der Waals surface area (Å²) < 4.78 is 26.5. The van der Waals surface area contributed by atoms with Crippen LogP contribution in [0.4, 0.5) is 0 Å². The summed E-state index contributed by atoms with van der Waals surface area (Å²) >= 11 is 1.54. The lowest BCUT2D eigenvalue weighted by Gasteiger charge is -2.20. The lowest BCUT2D eigenvalue weighted by molar-refractivity contribution is -0.135. The van der Waals surface area contributed by atoms with Crippen LogP contribution in [0.3, 0.4) is 0 Å². The van der Waals surface area contributed by atoms with E-state index in [2.05, 4.69) is 15.0 Å². The van der Waals surface area contributed by atoms with Gasteiger partial charge in [-0.3, -0.25) is 14.6 Å². The first-order valence-corrected chi connectivity index (χ1v) is 10.7. The number of pyridine rings is 1. The SMILES string of the molecule is CCN(CC(=O)NCc1cccs1)C(=O)CCNS(=O)(=O)c1cccnc1. The molecular weight excluding hydrogens is 388 g/mol. The number of carbonyl (C=O) groups is 2. The molecule has 0 atom stereocenters. The Hall–Kier alpha value is -2.30. The summed E-state index contributed by atoms with van der Waals surface area (Å²) in [5.41, 5.74) is 0. The molecule has 0 spiro atoms. The number of hydrogen-bond acceptors (Lipinski definition) is 6. The van der Waals surface area contributed by atoms with Gasteiger partial charge in [0.05, 0.1) is 13.1 Å². The fraction of sp³-hybridized carbons (Fsp3) is 0.353. The molecule has 0 fully saturated rings. The molecule has 2 aromatic rings. The van der Waals surface area contributed by atoms with Crippen molar-refractivity contribution in [3.05, 3.63) is 46.9 Å². The molecule has 0 aliphatic rings. The quantitative estimate of drug-likeness (QED) is 0.607. The van der Waals surface area contributed by atoms with E-state index in [0.29, 0.717) is 13.1 Å². The van der Waals surface area contributed by atoms with E-state index in [0.717, 1.165) is 4.88 Å². The van der Waals surface area contributed by atoms with Crippen molar-refractivity contribution in [1.29, 1.82) is 0 Å². The Morgan fingerprint density at radius 3 is 2.70 bits per heavy atom. The third kappa shape index (κ3) is 6.74. The van der Waals surface area contributed by atoms with Gasteiger partial charge >= 0.3 is 0 Å². The fourth-order valence-electron chi connectivity index (χ4n) is 2.24. The topological polar surface area (TPSA) is 108 Å². The van der Waals surface area contributed by atoms with Crippen molar-refractivity contribution in [1.82, 2.24) is 19.9 Å². The van der Waals surface area contributed by atoms with Crippen molar-refractivity contribution >= 4 is 33.2 Å². The predicted molar refractivity (Wildman–Crippen MR) is 102 cm³/mol. The monoisotopic (exact) mass is 410 g/mol. The van der Waals surface area contributed by atoms with Gasteiger partial charge in [0.2, 0.25) is 21.8 Å². The van der Waals surface area contributed by atoms with Crippen molar-refractivity contribution in [2.24, 2.45) is 0 Å². The average Bonchev–Trinajstić information content (AvgIpc) is 3.18. The van der Waals surface area contributed by atoms with Gasteiger partial charge in [-0.1, -0.05) is 6.07 Å². The number of thiophene rings is 1. The molecule has 8 nitrogen and oxygen atoms in total. The Labute approximate surface area is 162 Å². The molecule has 2 heterocycles. The molecular formula is C17H22N4O4S2. The van der Waals surface area contributed by atoms with Crippen LogP contribution >= 0.6 is 11.3 Å². The number of nitrogens with one attached hydrogen (secondary N) is 2. The first kappa shape index (κ1) is 21.0. The van der Waals surface area contributed by atoms with Crippen molar-refractivity contribution in [2.45, 2.75) is 24.8 Å². The largest absolute Gasteiger partial charge is 0.350 e. The number of amides is 2. The molecule has 146 valence electrons. The van der Waals surface area contributed by atoms with Crippen LogP contribution in [0.15, 0.2) is 46.9 Å². The van der Waals surface area contributed by atoms with Crippen LogP contribution in [0.5, 0.6) is 0 Å². The molecule has 0 saturated heterocycles. The van der Waals surface area contributed by atoms with Gasteiger partial charge < -0.3 is 10.2 Å². The van der Waals surface area contributed by atoms with Crippen LogP contribution < -0.4 is 10.0 Å². The van der Waals surface area contributed by atoms with Crippen molar-refractivity contribution in [3.63, 3.8) is 0 Å². The normalized spacial score (nSPS) is 11.1. The highest BCUT2D eigenvalue weighted by Gasteiger charge is 2.18. The van der Waals surface area contributed by atoms with Crippen LogP contribution in [0, 0.1) is 0 Å². The molecule has 27 heavy (non-hydrogen) atoms. The highest BCUT2D eigenvalue weighted by molar-refractivity contribution is 7.89. The van der Waals surface area contributed by atoms with E-state index < -0.39 is 10.0 Å². The van der Waals surface area contributed by atoms with E-state index in [1.165, 1.54) is 29.4 Å². The Morgan fingerprint density at radius 1 is 1.26 bits per heavy atom. The summed E-state index contributed by atoms with van der Waals surface area (Å²) in [5.74, 6) is -0.549. The Kier molecular flexibility index (Phi) is 7.89. The van der Waals surface area contributed by atoms with Gasteiger partial charge in [-0.15, -0.1) is 11.3 Å². The summed E-state index contributed by atoms with van der Waals surface area (Å²) in [5, 5.41) is 4.69. The van der Waals surface area contributed by atoms with Gasteiger partial charge in [0.1, 0.15) is 4.90 Å². The fourth-order valence-corrected chi connectivity index (χ4v) is 3.88. The van der Waals surface area contributed by atoms with E-state index in [9.17, 15) is 18.0 Å². The average molecular weight is 411 g/mol. The Balaban J connectivity index is 1.78. The van der Waals surface area contributed by atoms with Gasteiger partial charge in [0.25, 0.3) is 0 Å². The summed E-state index contributed by atoms with van der Waals surface area (Å²) in [6.45, 7) is 2.44. The molecule has 0 unspecified atom stereocenters. The Bertz CT molecular complexity index is 839. The zero-order chi connectivity index (χ0) is 19.7. The highest BCUT2D eigenvalue weighted by atomic mass is 32.2.